The average Bonchev–Trinajstić information content (AvgIpc) is 2.49. The van der Waals surface area contributed by atoms with Gasteiger partial charge in [0, 0.05) is 18.0 Å². The first-order chi connectivity index (χ1) is 10.1. The van der Waals surface area contributed by atoms with Crippen LogP contribution in [0.5, 0.6) is 5.75 Å². The number of halogens is 1. The van der Waals surface area contributed by atoms with Gasteiger partial charge in [-0.2, -0.15) is 0 Å². The number of hydrogen-bond donors (Lipinski definition) is 2. The molecule has 1 saturated carbocycles. The molecule has 0 amide bonds. The van der Waals surface area contributed by atoms with Crippen molar-refractivity contribution in [1.29, 1.82) is 0 Å². The van der Waals surface area contributed by atoms with Gasteiger partial charge in [-0.1, -0.05) is 13.0 Å². The van der Waals surface area contributed by atoms with Crippen molar-refractivity contribution in [3.8, 4) is 5.75 Å². The predicted molar refractivity (Wildman–Crippen MR) is 82.1 cm³/mol. The highest BCUT2D eigenvalue weighted by atomic mass is 19.1. The highest BCUT2D eigenvalue weighted by Gasteiger charge is 2.36. The summed E-state index contributed by atoms with van der Waals surface area (Å²) in [6.07, 6.45) is 4.75. The molecule has 21 heavy (non-hydrogen) atoms. The summed E-state index contributed by atoms with van der Waals surface area (Å²) < 4.78 is 19.4. The van der Waals surface area contributed by atoms with Crippen LogP contribution < -0.4 is 10.1 Å². The zero-order valence-electron chi connectivity index (χ0n) is 13.0. The summed E-state index contributed by atoms with van der Waals surface area (Å²) in [5, 5.41) is 13.2. The molecule has 118 valence electrons. The lowest BCUT2D eigenvalue weighted by Gasteiger charge is -2.40. The minimum atomic E-state index is -0.274. The number of aryl methyl sites for hydroxylation is 1. The molecule has 4 heteroatoms. The van der Waals surface area contributed by atoms with Crippen LogP contribution in [0.2, 0.25) is 0 Å². The first kappa shape index (κ1) is 16.2. The van der Waals surface area contributed by atoms with Crippen molar-refractivity contribution in [3.05, 3.63) is 29.6 Å². The minimum absolute atomic E-state index is 0.0238. The van der Waals surface area contributed by atoms with E-state index in [0.717, 1.165) is 44.2 Å². The van der Waals surface area contributed by atoms with E-state index in [9.17, 15) is 9.50 Å². The fourth-order valence-electron chi connectivity index (χ4n) is 3.04. The number of benzene rings is 1. The highest BCUT2D eigenvalue weighted by Crippen LogP contribution is 2.32. The number of aliphatic hydroxyl groups excluding tert-OH is 1. The molecular weight excluding hydrogens is 269 g/mol. The third-order valence-electron chi connectivity index (χ3n) is 4.30. The Morgan fingerprint density at radius 1 is 1.48 bits per heavy atom. The summed E-state index contributed by atoms with van der Waals surface area (Å²) in [5.74, 6) is 0.341. The highest BCUT2D eigenvalue weighted by molar-refractivity contribution is 5.33. The van der Waals surface area contributed by atoms with Crippen LogP contribution in [0.1, 0.15) is 44.6 Å². The second-order valence-electron chi connectivity index (χ2n) is 6.11. The van der Waals surface area contributed by atoms with E-state index in [1.54, 1.807) is 6.07 Å². The molecule has 0 bridgehead atoms. The smallest absolute Gasteiger partial charge is 0.126 e. The van der Waals surface area contributed by atoms with Crippen molar-refractivity contribution in [3.63, 3.8) is 0 Å². The molecule has 1 aliphatic carbocycles. The maximum atomic E-state index is 13.4. The summed E-state index contributed by atoms with van der Waals surface area (Å²) >= 11 is 0. The van der Waals surface area contributed by atoms with Gasteiger partial charge in [-0.05, 0) is 50.8 Å². The Balaban J connectivity index is 2.04. The van der Waals surface area contributed by atoms with Crippen LogP contribution in [0, 0.1) is 12.7 Å². The van der Waals surface area contributed by atoms with E-state index in [1.807, 2.05) is 6.92 Å². The Morgan fingerprint density at radius 2 is 2.29 bits per heavy atom. The lowest BCUT2D eigenvalue weighted by molar-refractivity contribution is 0.0506. The molecule has 2 rings (SSSR count). The molecule has 2 unspecified atom stereocenters. The van der Waals surface area contributed by atoms with Gasteiger partial charge < -0.3 is 15.2 Å². The van der Waals surface area contributed by atoms with Crippen LogP contribution in [0.15, 0.2) is 18.2 Å². The number of aliphatic hydroxyl groups is 1. The predicted octanol–water partition coefficient (Wildman–Crippen LogP) is 3.19. The Labute approximate surface area is 126 Å². The second-order valence-corrected chi connectivity index (χ2v) is 6.11. The number of nitrogens with one attached hydrogen (secondary N) is 1. The fourth-order valence-corrected chi connectivity index (χ4v) is 3.04. The fraction of sp³-hybridized carbons (Fsp3) is 0.647. The third kappa shape index (κ3) is 4.17. The maximum Gasteiger partial charge on any atom is 0.126 e. The van der Waals surface area contributed by atoms with Crippen LogP contribution in [0.4, 0.5) is 4.39 Å². The maximum absolute atomic E-state index is 13.4. The number of ether oxygens (including phenoxy) is 1. The summed E-state index contributed by atoms with van der Waals surface area (Å²) in [7, 11) is 0. The topological polar surface area (TPSA) is 41.5 Å². The van der Waals surface area contributed by atoms with E-state index >= 15 is 0 Å². The molecule has 1 aromatic rings. The quantitative estimate of drug-likeness (QED) is 0.847. The molecule has 0 saturated heterocycles. The molecular formula is C17H26FNO2. The summed E-state index contributed by atoms with van der Waals surface area (Å²) in [6, 6.07) is 4.63. The zero-order valence-corrected chi connectivity index (χ0v) is 13.0. The van der Waals surface area contributed by atoms with Gasteiger partial charge in [0.25, 0.3) is 0 Å². The molecule has 2 atom stereocenters. The lowest BCUT2D eigenvalue weighted by atomic mass is 9.80. The Morgan fingerprint density at radius 3 is 3.00 bits per heavy atom. The van der Waals surface area contributed by atoms with E-state index in [1.165, 1.54) is 12.1 Å². The van der Waals surface area contributed by atoms with Crippen molar-refractivity contribution >= 4 is 0 Å². The first-order valence-corrected chi connectivity index (χ1v) is 7.87. The van der Waals surface area contributed by atoms with E-state index in [0.29, 0.717) is 5.75 Å². The number of hydrogen-bond acceptors (Lipinski definition) is 3. The molecule has 3 nitrogen and oxygen atoms in total. The molecule has 1 aromatic carbocycles. The van der Waals surface area contributed by atoms with E-state index in [2.05, 4.69) is 12.2 Å². The lowest BCUT2D eigenvalue weighted by Crippen LogP contribution is -2.53. The summed E-state index contributed by atoms with van der Waals surface area (Å²) in [6.45, 7) is 5.05. The molecule has 0 aliphatic heterocycles. The Bertz CT molecular complexity index is 466. The largest absolute Gasteiger partial charge is 0.490 e. The SMILES string of the molecule is CCCNC1(CO)CCCC(Oc2cc(F)ccc2C)C1. The summed E-state index contributed by atoms with van der Waals surface area (Å²) in [5.41, 5.74) is 0.693. The van der Waals surface area contributed by atoms with Gasteiger partial charge in [0.05, 0.1) is 6.61 Å². The Kier molecular flexibility index (Phi) is 5.59. The average molecular weight is 295 g/mol. The second kappa shape index (κ2) is 7.23. The molecule has 1 fully saturated rings. The molecule has 0 aromatic heterocycles. The van der Waals surface area contributed by atoms with Crippen molar-refractivity contribution < 1.29 is 14.2 Å². The molecule has 1 aliphatic rings. The minimum Gasteiger partial charge on any atom is -0.490 e. The van der Waals surface area contributed by atoms with Gasteiger partial charge in [-0.25, -0.2) is 4.39 Å². The molecule has 2 N–H and O–H groups in total. The van der Waals surface area contributed by atoms with Gasteiger partial charge in [-0.15, -0.1) is 0 Å². The normalized spacial score (nSPS) is 25.8. The van der Waals surface area contributed by atoms with Crippen molar-refractivity contribution in [2.45, 2.75) is 57.6 Å². The molecule has 0 heterocycles. The standard InChI is InChI=1S/C17H26FNO2/c1-3-9-19-17(12-20)8-4-5-15(11-17)21-16-10-14(18)7-6-13(16)2/h6-7,10,15,19-20H,3-5,8-9,11-12H2,1-2H3. The summed E-state index contributed by atoms with van der Waals surface area (Å²) in [4.78, 5) is 0. The first-order valence-electron chi connectivity index (χ1n) is 7.87. The zero-order chi connectivity index (χ0) is 15.3. The van der Waals surface area contributed by atoms with Crippen LogP contribution in [-0.4, -0.2) is 29.9 Å². The van der Waals surface area contributed by atoms with Gasteiger partial charge in [0.2, 0.25) is 0 Å². The van der Waals surface area contributed by atoms with E-state index in [4.69, 9.17) is 4.74 Å². The number of rotatable bonds is 6. The van der Waals surface area contributed by atoms with Crippen LogP contribution in [0.25, 0.3) is 0 Å². The van der Waals surface area contributed by atoms with Gasteiger partial charge in [0.1, 0.15) is 17.7 Å². The molecule has 0 spiro atoms. The molecule has 0 radical (unpaired) electrons. The van der Waals surface area contributed by atoms with Crippen molar-refractivity contribution in [2.24, 2.45) is 0 Å². The van der Waals surface area contributed by atoms with Crippen LogP contribution >= 0.6 is 0 Å². The van der Waals surface area contributed by atoms with Gasteiger partial charge in [0.15, 0.2) is 0 Å². The van der Waals surface area contributed by atoms with Crippen LogP contribution in [0.3, 0.4) is 0 Å². The van der Waals surface area contributed by atoms with Crippen molar-refractivity contribution in [2.75, 3.05) is 13.2 Å². The van der Waals surface area contributed by atoms with E-state index in [-0.39, 0.29) is 24.1 Å². The van der Waals surface area contributed by atoms with E-state index < -0.39 is 0 Å². The van der Waals surface area contributed by atoms with Crippen molar-refractivity contribution in [1.82, 2.24) is 5.32 Å². The van der Waals surface area contributed by atoms with Crippen LogP contribution in [-0.2, 0) is 0 Å². The third-order valence-corrected chi connectivity index (χ3v) is 4.30. The van der Waals surface area contributed by atoms with Gasteiger partial charge in [-0.3, -0.25) is 0 Å². The van der Waals surface area contributed by atoms with Gasteiger partial charge >= 0.3 is 0 Å². The monoisotopic (exact) mass is 295 g/mol. The Hall–Kier alpha value is -1.13.